The van der Waals surface area contributed by atoms with E-state index in [2.05, 4.69) is 10.8 Å². The minimum atomic E-state index is -3.79. The molecule has 0 aliphatic heterocycles. The summed E-state index contributed by atoms with van der Waals surface area (Å²) in [6.45, 7) is 3.82. The number of benzene rings is 2. The highest BCUT2D eigenvalue weighted by molar-refractivity contribution is 7.89. The maximum absolute atomic E-state index is 12.7. The number of nitriles is 1. The number of nitrogens with zero attached hydrogens (tertiary/aromatic N) is 1. The van der Waals surface area contributed by atoms with Gasteiger partial charge in [0.1, 0.15) is 5.54 Å². The maximum Gasteiger partial charge on any atom is 0.242 e. The van der Waals surface area contributed by atoms with E-state index >= 15 is 0 Å². The summed E-state index contributed by atoms with van der Waals surface area (Å²) in [6, 6.07) is 17.8. The van der Waals surface area contributed by atoms with Gasteiger partial charge in [-0.15, -0.1) is 0 Å². The van der Waals surface area contributed by atoms with Crippen molar-refractivity contribution in [1.82, 2.24) is 4.72 Å². The fraction of sp³-hybridized carbons (Fsp3) is 0.278. The van der Waals surface area contributed by atoms with Gasteiger partial charge < -0.3 is 0 Å². The van der Waals surface area contributed by atoms with Crippen LogP contribution in [0.5, 0.6) is 0 Å². The molecule has 1 atom stereocenters. The van der Waals surface area contributed by atoms with Crippen molar-refractivity contribution in [3.05, 3.63) is 65.7 Å². The Bertz CT molecular complexity index is 793. The molecule has 2 aromatic rings. The van der Waals surface area contributed by atoms with Crippen molar-refractivity contribution in [2.75, 3.05) is 0 Å². The number of nitrogens with one attached hydrogen (secondary N) is 1. The Morgan fingerprint density at radius 3 is 2.22 bits per heavy atom. The van der Waals surface area contributed by atoms with E-state index in [-0.39, 0.29) is 4.90 Å². The monoisotopic (exact) mass is 328 g/mol. The number of hydrogen-bond acceptors (Lipinski definition) is 3. The van der Waals surface area contributed by atoms with Crippen LogP contribution in [0.2, 0.25) is 0 Å². The first kappa shape index (κ1) is 17.2. The van der Waals surface area contributed by atoms with E-state index in [1.54, 1.807) is 48.5 Å². The van der Waals surface area contributed by atoms with E-state index in [0.717, 1.165) is 5.56 Å². The standard InChI is InChI=1S/C18H20N2O2S/c1-3-13-18(14-19,16-7-5-4-6-8-16)20-23(21,22)17-11-9-15(2)10-12-17/h4-12,20H,3,13H2,1-2H3/t18-/m0/s1. The van der Waals surface area contributed by atoms with Gasteiger partial charge in [-0.1, -0.05) is 61.4 Å². The van der Waals surface area contributed by atoms with Gasteiger partial charge in [0.2, 0.25) is 10.0 Å². The van der Waals surface area contributed by atoms with E-state index < -0.39 is 15.6 Å². The van der Waals surface area contributed by atoms with Gasteiger partial charge >= 0.3 is 0 Å². The molecule has 0 spiro atoms. The SMILES string of the molecule is CCC[C@@](C#N)(NS(=O)(=O)c1ccc(C)cc1)c1ccccc1. The molecule has 0 bridgehead atoms. The van der Waals surface area contributed by atoms with Crippen LogP contribution in [0, 0.1) is 18.3 Å². The Morgan fingerprint density at radius 1 is 1.09 bits per heavy atom. The van der Waals surface area contributed by atoms with Gasteiger partial charge in [0.15, 0.2) is 0 Å². The van der Waals surface area contributed by atoms with Crippen molar-refractivity contribution in [3.63, 3.8) is 0 Å². The molecule has 0 heterocycles. The van der Waals surface area contributed by atoms with Crippen LogP contribution in [0.4, 0.5) is 0 Å². The van der Waals surface area contributed by atoms with Crippen LogP contribution >= 0.6 is 0 Å². The molecular formula is C18H20N2O2S. The van der Waals surface area contributed by atoms with E-state index in [9.17, 15) is 13.7 Å². The molecule has 120 valence electrons. The van der Waals surface area contributed by atoms with Crippen LogP contribution in [0.1, 0.15) is 30.9 Å². The molecule has 0 aliphatic carbocycles. The number of sulfonamides is 1. The minimum Gasteiger partial charge on any atom is -0.207 e. The second-order valence-corrected chi connectivity index (χ2v) is 7.23. The van der Waals surface area contributed by atoms with Gasteiger partial charge in [-0.3, -0.25) is 0 Å². The lowest BCUT2D eigenvalue weighted by Crippen LogP contribution is -2.44. The van der Waals surface area contributed by atoms with E-state index in [4.69, 9.17) is 0 Å². The molecule has 5 heteroatoms. The van der Waals surface area contributed by atoms with E-state index in [0.29, 0.717) is 18.4 Å². The van der Waals surface area contributed by atoms with Gasteiger partial charge in [-0.05, 0) is 31.0 Å². The highest BCUT2D eigenvalue weighted by atomic mass is 32.2. The molecule has 0 radical (unpaired) electrons. The molecule has 0 saturated heterocycles. The number of rotatable bonds is 6. The number of aryl methyl sites for hydroxylation is 1. The van der Waals surface area contributed by atoms with Crippen molar-refractivity contribution in [1.29, 1.82) is 5.26 Å². The zero-order chi connectivity index (χ0) is 16.9. The molecule has 0 unspecified atom stereocenters. The summed E-state index contributed by atoms with van der Waals surface area (Å²) < 4.78 is 28.0. The van der Waals surface area contributed by atoms with Crippen LogP contribution in [0.25, 0.3) is 0 Å². The smallest absolute Gasteiger partial charge is 0.207 e. The molecule has 23 heavy (non-hydrogen) atoms. The summed E-state index contributed by atoms with van der Waals surface area (Å²) in [5.74, 6) is 0. The van der Waals surface area contributed by atoms with Crippen molar-refractivity contribution in [2.24, 2.45) is 0 Å². The molecule has 0 fully saturated rings. The van der Waals surface area contributed by atoms with Crippen molar-refractivity contribution in [3.8, 4) is 6.07 Å². The van der Waals surface area contributed by atoms with Crippen molar-refractivity contribution < 1.29 is 8.42 Å². The second-order valence-electron chi connectivity index (χ2n) is 5.55. The number of hydrogen-bond donors (Lipinski definition) is 1. The van der Waals surface area contributed by atoms with Crippen LogP contribution < -0.4 is 4.72 Å². The fourth-order valence-corrected chi connectivity index (χ4v) is 3.84. The average molecular weight is 328 g/mol. The summed E-state index contributed by atoms with van der Waals surface area (Å²) in [5, 5.41) is 9.74. The van der Waals surface area contributed by atoms with Gasteiger partial charge in [-0.2, -0.15) is 9.98 Å². The van der Waals surface area contributed by atoms with E-state index in [1.807, 2.05) is 19.9 Å². The lowest BCUT2D eigenvalue weighted by atomic mass is 9.88. The Labute approximate surface area is 137 Å². The van der Waals surface area contributed by atoms with Crippen LogP contribution in [-0.4, -0.2) is 8.42 Å². The predicted octanol–water partition coefficient (Wildman–Crippen LogP) is 3.49. The van der Waals surface area contributed by atoms with E-state index in [1.165, 1.54) is 0 Å². The topological polar surface area (TPSA) is 70.0 Å². The molecule has 2 rings (SSSR count). The van der Waals surface area contributed by atoms with Crippen LogP contribution in [0.15, 0.2) is 59.5 Å². The molecule has 0 aromatic heterocycles. The predicted molar refractivity (Wildman–Crippen MR) is 90.1 cm³/mol. The Hall–Kier alpha value is -2.16. The highest BCUT2D eigenvalue weighted by Crippen LogP contribution is 2.28. The van der Waals surface area contributed by atoms with Gasteiger partial charge in [0.25, 0.3) is 0 Å². The normalized spacial score (nSPS) is 14.0. The van der Waals surface area contributed by atoms with Gasteiger partial charge in [-0.25, -0.2) is 8.42 Å². The van der Waals surface area contributed by atoms with Crippen molar-refractivity contribution in [2.45, 2.75) is 37.1 Å². The second kappa shape index (κ2) is 6.95. The molecule has 0 saturated carbocycles. The fourth-order valence-electron chi connectivity index (χ4n) is 2.50. The highest BCUT2D eigenvalue weighted by Gasteiger charge is 2.36. The third-order valence-electron chi connectivity index (χ3n) is 3.72. The Kier molecular flexibility index (Phi) is 5.19. The zero-order valence-corrected chi connectivity index (χ0v) is 14.1. The summed E-state index contributed by atoms with van der Waals surface area (Å²) >= 11 is 0. The third kappa shape index (κ3) is 3.79. The van der Waals surface area contributed by atoms with Crippen LogP contribution in [-0.2, 0) is 15.6 Å². The quantitative estimate of drug-likeness (QED) is 0.882. The maximum atomic E-state index is 12.7. The molecule has 2 aromatic carbocycles. The first-order chi connectivity index (χ1) is 10.9. The first-order valence-electron chi connectivity index (χ1n) is 7.51. The first-order valence-corrected chi connectivity index (χ1v) is 8.99. The molecule has 4 nitrogen and oxygen atoms in total. The summed E-state index contributed by atoms with van der Waals surface area (Å²) in [4.78, 5) is 0.162. The largest absolute Gasteiger partial charge is 0.242 e. The third-order valence-corrected chi connectivity index (χ3v) is 5.23. The molecule has 0 amide bonds. The Morgan fingerprint density at radius 2 is 1.70 bits per heavy atom. The molecule has 0 aliphatic rings. The lowest BCUT2D eigenvalue weighted by molar-refractivity contribution is 0.454. The Balaban J connectivity index is 2.46. The molecular weight excluding hydrogens is 308 g/mol. The average Bonchev–Trinajstić information content (AvgIpc) is 2.55. The van der Waals surface area contributed by atoms with Gasteiger partial charge in [0.05, 0.1) is 11.0 Å². The zero-order valence-electron chi connectivity index (χ0n) is 13.3. The summed E-state index contributed by atoms with van der Waals surface area (Å²) in [5.41, 5.74) is 0.367. The summed E-state index contributed by atoms with van der Waals surface area (Å²) in [6.07, 6.45) is 1.08. The van der Waals surface area contributed by atoms with Crippen molar-refractivity contribution >= 4 is 10.0 Å². The minimum absolute atomic E-state index is 0.162. The van der Waals surface area contributed by atoms with Gasteiger partial charge in [0, 0.05) is 0 Å². The van der Waals surface area contributed by atoms with Crippen LogP contribution in [0.3, 0.4) is 0 Å². The molecule has 1 N–H and O–H groups in total. The lowest BCUT2D eigenvalue weighted by Gasteiger charge is -2.28. The summed E-state index contributed by atoms with van der Waals surface area (Å²) in [7, 11) is -3.79.